The Labute approximate surface area is 122 Å². The van der Waals surface area contributed by atoms with E-state index in [1.807, 2.05) is 45.0 Å². The molecule has 0 fully saturated rings. The highest BCUT2D eigenvalue weighted by Gasteiger charge is 2.31. The summed E-state index contributed by atoms with van der Waals surface area (Å²) in [7, 11) is 0. The molecule has 1 atom stereocenters. The maximum atomic E-state index is 12.6. The van der Waals surface area contributed by atoms with Gasteiger partial charge in [0.15, 0.2) is 5.78 Å². The lowest BCUT2D eigenvalue weighted by atomic mass is 9.83. The van der Waals surface area contributed by atoms with Crippen molar-refractivity contribution in [1.29, 1.82) is 0 Å². The number of nitrogens with one attached hydrogen (secondary N) is 1. The standard InChI is InChI=1S/C17H28N2O/c1-16(2,3)15(20)14(19-17(4,5)6)11-12-7-9-13(18)10-8-12/h7-10,14,19H,11,18H2,1-6H3. The van der Waals surface area contributed by atoms with Crippen molar-refractivity contribution in [2.24, 2.45) is 5.41 Å². The zero-order valence-corrected chi connectivity index (χ0v) is 13.6. The summed E-state index contributed by atoms with van der Waals surface area (Å²) >= 11 is 0. The Morgan fingerprint density at radius 3 is 2.00 bits per heavy atom. The highest BCUT2D eigenvalue weighted by Crippen LogP contribution is 2.21. The SMILES string of the molecule is CC(C)(C)NC(Cc1ccc(N)cc1)C(=O)C(C)(C)C. The molecule has 1 aromatic rings. The van der Waals surface area contributed by atoms with Crippen LogP contribution < -0.4 is 11.1 Å². The molecule has 3 N–H and O–H groups in total. The lowest BCUT2D eigenvalue weighted by molar-refractivity contribution is -0.128. The van der Waals surface area contributed by atoms with Crippen molar-refractivity contribution in [2.75, 3.05) is 5.73 Å². The molecule has 0 aliphatic carbocycles. The number of carbonyl (C=O) groups is 1. The second kappa shape index (κ2) is 5.96. The van der Waals surface area contributed by atoms with Crippen LogP contribution in [0.25, 0.3) is 0 Å². The fourth-order valence-corrected chi connectivity index (χ4v) is 2.14. The molecule has 0 bridgehead atoms. The van der Waals surface area contributed by atoms with E-state index in [4.69, 9.17) is 5.73 Å². The van der Waals surface area contributed by atoms with E-state index in [-0.39, 0.29) is 22.8 Å². The molecule has 0 amide bonds. The van der Waals surface area contributed by atoms with Crippen molar-refractivity contribution in [1.82, 2.24) is 5.32 Å². The summed E-state index contributed by atoms with van der Waals surface area (Å²) in [6.07, 6.45) is 0.688. The Morgan fingerprint density at radius 1 is 1.10 bits per heavy atom. The fourth-order valence-electron chi connectivity index (χ4n) is 2.14. The van der Waals surface area contributed by atoms with Gasteiger partial charge >= 0.3 is 0 Å². The largest absolute Gasteiger partial charge is 0.399 e. The molecule has 0 heterocycles. The van der Waals surface area contributed by atoms with Crippen LogP contribution in [0.15, 0.2) is 24.3 Å². The normalized spacial score (nSPS) is 14.1. The Morgan fingerprint density at radius 2 is 1.60 bits per heavy atom. The van der Waals surface area contributed by atoms with E-state index in [2.05, 4.69) is 26.1 Å². The van der Waals surface area contributed by atoms with Crippen molar-refractivity contribution >= 4 is 11.5 Å². The maximum absolute atomic E-state index is 12.6. The monoisotopic (exact) mass is 276 g/mol. The molecule has 1 unspecified atom stereocenters. The van der Waals surface area contributed by atoms with Gasteiger partial charge in [-0.05, 0) is 44.9 Å². The first-order valence-electron chi connectivity index (χ1n) is 7.15. The Bertz CT molecular complexity index is 449. The highest BCUT2D eigenvalue weighted by atomic mass is 16.1. The second-order valence-electron chi connectivity index (χ2n) is 7.51. The third-order valence-electron chi connectivity index (χ3n) is 3.08. The van der Waals surface area contributed by atoms with Crippen molar-refractivity contribution in [2.45, 2.75) is 59.5 Å². The zero-order valence-electron chi connectivity index (χ0n) is 13.6. The molecule has 0 aliphatic heterocycles. The van der Waals surface area contributed by atoms with Crippen LogP contribution in [0, 0.1) is 5.41 Å². The van der Waals surface area contributed by atoms with Gasteiger partial charge in [-0.25, -0.2) is 0 Å². The van der Waals surface area contributed by atoms with Gasteiger partial charge in [-0.15, -0.1) is 0 Å². The number of anilines is 1. The molecule has 3 nitrogen and oxygen atoms in total. The summed E-state index contributed by atoms with van der Waals surface area (Å²) in [6, 6.07) is 7.56. The smallest absolute Gasteiger partial charge is 0.155 e. The van der Waals surface area contributed by atoms with E-state index in [1.165, 1.54) is 0 Å². The summed E-state index contributed by atoms with van der Waals surface area (Å²) in [6.45, 7) is 12.2. The molecule has 1 aromatic carbocycles. The van der Waals surface area contributed by atoms with Gasteiger partial charge in [0, 0.05) is 16.6 Å². The lowest BCUT2D eigenvalue weighted by Crippen LogP contribution is -2.51. The van der Waals surface area contributed by atoms with Gasteiger partial charge < -0.3 is 11.1 Å². The van der Waals surface area contributed by atoms with Crippen molar-refractivity contribution in [3.63, 3.8) is 0 Å². The van der Waals surface area contributed by atoms with E-state index in [1.54, 1.807) is 0 Å². The topological polar surface area (TPSA) is 55.1 Å². The number of nitrogen functional groups attached to an aromatic ring is 1. The fraction of sp³-hybridized carbons (Fsp3) is 0.588. The average Bonchev–Trinajstić information content (AvgIpc) is 2.27. The second-order valence-corrected chi connectivity index (χ2v) is 7.51. The van der Waals surface area contributed by atoms with Crippen LogP contribution in [-0.4, -0.2) is 17.4 Å². The third-order valence-corrected chi connectivity index (χ3v) is 3.08. The summed E-state index contributed by atoms with van der Waals surface area (Å²) in [5.74, 6) is 0.240. The number of rotatable bonds is 4. The Balaban J connectivity index is 2.93. The molecule has 0 radical (unpaired) electrons. The predicted molar refractivity (Wildman–Crippen MR) is 85.7 cm³/mol. The molecule has 1 rings (SSSR count). The molecule has 0 aliphatic rings. The van der Waals surface area contributed by atoms with Crippen molar-refractivity contribution < 1.29 is 4.79 Å². The number of hydrogen-bond acceptors (Lipinski definition) is 3. The summed E-state index contributed by atoms with van der Waals surface area (Å²) < 4.78 is 0. The van der Waals surface area contributed by atoms with Crippen LogP contribution >= 0.6 is 0 Å². The molecule has 0 spiro atoms. The van der Waals surface area contributed by atoms with E-state index in [0.717, 1.165) is 11.3 Å². The lowest BCUT2D eigenvalue weighted by Gasteiger charge is -2.32. The number of nitrogens with two attached hydrogens (primary N) is 1. The zero-order chi connectivity index (χ0) is 15.6. The van der Waals surface area contributed by atoms with Gasteiger partial charge in [-0.2, -0.15) is 0 Å². The van der Waals surface area contributed by atoms with Crippen LogP contribution in [0.1, 0.15) is 47.1 Å². The summed E-state index contributed by atoms with van der Waals surface area (Å²) in [5, 5.41) is 3.44. The first kappa shape index (κ1) is 16.7. The molecule has 20 heavy (non-hydrogen) atoms. The van der Waals surface area contributed by atoms with Gasteiger partial charge in [-0.3, -0.25) is 4.79 Å². The minimum Gasteiger partial charge on any atom is -0.399 e. The maximum Gasteiger partial charge on any atom is 0.155 e. The number of ketones is 1. The minimum absolute atomic E-state index is 0.0978. The van der Waals surface area contributed by atoms with Crippen LogP contribution in [0.3, 0.4) is 0 Å². The van der Waals surface area contributed by atoms with Crippen molar-refractivity contribution in [3.8, 4) is 0 Å². The predicted octanol–water partition coefficient (Wildman–Crippen LogP) is 3.18. The van der Waals surface area contributed by atoms with Gasteiger partial charge in [0.25, 0.3) is 0 Å². The van der Waals surface area contributed by atoms with E-state index in [9.17, 15) is 4.79 Å². The van der Waals surface area contributed by atoms with Gasteiger partial charge in [-0.1, -0.05) is 32.9 Å². The first-order chi connectivity index (χ1) is 8.99. The van der Waals surface area contributed by atoms with Crippen LogP contribution in [0.5, 0.6) is 0 Å². The van der Waals surface area contributed by atoms with Gasteiger partial charge in [0.1, 0.15) is 0 Å². The number of hydrogen-bond donors (Lipinski definition) is 2. The van der Waals surface area contributed by atoms with Crippen LogP contribution in [0.2, 0.25) is 0 Å². The third kappa shape index (κ3) is 5.33. The van der Waals surface area contributed by atoms with Crippen LogP contribution in [0.4, 0.5) is 5.69 Å². The molecule has 0 aromatic heterocycles. The molecule has 0 saturated carbocycles. The molecule has 112 valence electrons. The van der Waals surface area contributed by atoms with Gasteiger partial charge in [0.05, 0.1) is 6.04 Å². The van der Waals surface area contributed by atoms with Crippen LogP contribution in [-0.2, 0) is 11.2 Å². The van der Waals surface area contributed by atoms with E-state index < -0.39 is 0 Å². The van der Waals surface area contributed by atoms with E-state index >= 15 is 0 Å². The summed E-state index contributed by atoms with van der Waals surface area (Å²) in [4.78, 5) is 12.6. The Hall–Kier alpha value is -1.35. The molecule has 0 saturated heterocycles. The average molecular weight is 276 g/mol. The quantitative estimate of drug-likeness (QED) is 0.830. The molecular formula is C17H28N2O. The minimum atomic E-state index is -0.350. The highest BCUT2D eigenvalue weighted by molar-refractivity contribution is 5.89. The molecular weight excluding hydrogens is 248 g/mol. The number of carbonyl (C=O) groups excluding carboxylic acids is 1. The Kier molecular flexibility index (Phi) is 4.98. The first-order valence-corrected chi connectivity index (χ1v) is 7.15. The number of Topliss-reactive ketones (excluding diaryl/α,β-unsaturated/α-hetero) is 1. The van der Waals surface area contributed by atoms with Gasteiger partial charge in [0.2, 0.25) is 0 Å². The summed E-state index contributed by atoms with van der Waals surface area (Å²) in [5.41, 5.74) is 7.13. The van der Waals surface area contributed by atoms with E-state index in [0.29, 0.717) is 6.42 Å². The molecule has 3 heteroatoms. The van der Waals surface area contributed by atoms with Crippen molar-refractivity contribution in [3.05, 3.63) is 29.8 Å². The number of benzene rings is 1.